The van der Waals surface area contributed by atoms with Crippen LogP contribution in [-0.2, 0) is 4.79 Å². The molecule has 0 aliphatic carbocycles. The van der Waals surface area contributed by atoms with Crippen molar-refractivity contribution in [2.24, 2.45) is 0 Å². The number of rotatable bonds is 4. The van der Waals surface area contributed by atoms with Gasteiger partial charge in [0.15, 0.2) is 5.65 Å². The predicted molar refractivity (Wildman–Crippen MR) is 117 cm³/mol. The number of nitrogens with one attached hydrogen (secondary N) is 3. The topological polar surface area (TPSA) is 107 Å². The van der Waals surface area contributed by atoms with E-state index < -0.39 is 11.9 Å². The smallest absolute Gasteiger partial charge is 0.326 e. The second-order valence-corrected chi connectivity index (χ2v) is 7.61. The average Bonchev–Trinajstić information content (AvgIpc) is 3.31. The normalized spacial score (nSPS) is 18.5. The molecule has 5 rings (SSSR count). The molecule has 2 fully saturated rings. The van der Waals surface area contributed by atoms with Gasteiger partial charge in [-0.2, -0.15) is 5.10 Å². The Kier molecular flexibility index (Phi) is 4.75. The lowest BCUT2D eigenvalue weighted by Crippen LogP contribution is -2.44. The zero-order valence-electron chi connectivity index (χ0n) is 17.0. The molecule has 3 N–H and O–H groups in total. The summed E-state index contributed by atoms with van der Waals surface area (Å²) >= 11 is 0. The second-order valence-electron chi connectivity index (χ2n) is 7.61. The molecule has 2 aromatic heterocycles. The molecular formula is C21H22N8O2. The van der Waals surface area contributed by atoms with Crippen LogP contribution in [0.1, 0.15) is 5.56 Å². The van der Waals surface area contributed by atoms with Gasteiger partial charge in [0.1, 0.15) is 11.5 Å². The van der Waals surface area contributed by atoms with Crippen LogP contribution in [0.15, 0.2) is 48.4 Å². The summed E-state index contributed by atoms with van der Waals surface area (Å²) in [5.41, 5.74) is 3.50. The Balaban J connectivity index is 1.34. The molecule has 0 bridgehead atoms. The summed E-state index contributed by atoms with van der Waals surface area (Å²) in [7, 11) is 2.15. The van der Waals surface area contributed by atoms with Crippen LogP contribution in [0.4, 0.5) is 22.0 Å². The number of anilines is 3. The predicted octanol–water partition coefficient (Wildman–Crippen LogP) is 1.40. The van der Waals surface area contributed by atoms with E-state index in [1.54, 1.807) is 23.0 Å². The second kappa shape index (κ2) is 7.73. The van der Waals surface area contributed by atoms with Crippen molar-refractivity contribution in [3.05, 3.63) is 54.0 Å². The van der Waals surface area contributed by atoms with Crippen LogP contribution in [0, 0.1) is 0 Å². The third-order valence-corrected chi connectivity index (χ3v) is 5.42. The molecule has 158 valence electrons. The zero-order valence-corrected chi connectivity index (χ0v) is 17.0. The number of urea groups is 1. The van der Waals surface area contributed by atoms with Crippen LogP contribution >= 0.6 is 0 Å². The minimum atomic E-state index is -0.539. The molecule has 2 aliphatic heterocycles. The maximum absolute atomic E-state index is 11.8. The van der Waals surface area contributed by atoms with Crippen LogP contribution < -0.4 is 20.9 Å². The third-order valence-electron chi connectivity index (χ3n) is 5.42. The number of carbonyl (C=O) groups excluding carboxylic acids is 2. The van der Waals surface area contributed by atoms with Gasteiger partial charge in [-0.15, -0.1) is 0 Å². The monoisotopic (exact) mass is 418 g/mol. The number of fused-ring (bicyclic) bond motifs is 1. The maximum Gasteiger partial charge on any atom is 0.326 e. The van der Waals surface area contributed by atoms with E-state index in [-0.39, 0.29) is 5.70 Å². The van der Waals surface area contributed by atoms with Crippen molar-refractivity contribution >= 4 is 40.9 Å². The van der Waals surface area contributed by atoms with E-state index in [4.69, 9.17) is 0 Å². The molecule has 0 spiro atoms. The fourth-order valence-corrected chi connectivity index (χ4v) is 3.66. The highest BCUT2D eigenvalue weighted by Crippen LogP contribution is 2.22. The zero-order chi connectivity index (χ0) is 21.4. The van der Waals surface area contributed by atoms with Crippen molar-refractivity contribution in [1.82, 2.24) is 30.1 Å². The van der Waals surface area contributed by atoms with Crippen molar-refractivity contribution in [1.29, 1.82) is 0 Å². The number of aromatic nitrogens is 3. The Morgan fingerprint density at radius 1 is 1.03 bits per heavy atom. The summed E-state index contributed by atoms with van der Waals surface area (Å²) < 4.78 is 1.61. The number of hydrogen-bond donors (Lipinski definition) is 3. The number of amides is 3. The first-order valence-corrected chi connectivity index (χ1v) is 10.0. The first-order valence-electron chi connectivity index (χ1n) is 10.0. The molecule has 1 aromatic carbocycles. The highest BCUT2D eigenvalue weighted by atomic mass is 16.2. The largest absolute Gasteiger partial charge is 0.369 e. The van der Waals surface area contributed by atoms with Crippen molar-refractivity contribution in [3.63, 3.8) is 0 Å². The molecule has 3 aromatic rings. The maximum atomic E-state index is 11.8. The first kappa shape index (κ1) is 19.1. The quantitative estimate of drug-likeness (QED) is 0.434. The lowest BCUT2D eigenvalue weighted by atomic mass is 10.2. The van der Waals surface area contributed by atoms with E-state index >= 15 is 0 Å². The van der Waals surface area contributed by atoms with E-state index in [0.717, 1.165) is 31.9 Å². The minimum absolute atomic E-state index is 0.166. The minimum Gasteiger partial charge on any atom is -0.369 e. The van der Waals surface area contributed by atoms with E-state index in [1.807, 2.05) is 18.2 Å². The molecule has 0 atom stereocenters. The fraction of sp³-hybridized carbons (Fsp3) is 0.238. The Morgan fingerprint density at radius 2 is 1.81 bits per heavy atom. The molecule has 4 heterocycles. The standard InChI is InChI=1S/C21H22N8O2/c1-27-8-10-28(11-9-27)16-4-2-15(3-5-16)23-18-6-7-29-19(25-18)14(13-22-29)12-17-20(30)26-21(31)24-17/h2-7,12-13H,8-11H2,1H3,(H,23,25)(H2,24,26,30,31)/b17-12-. The van der Waals surface area contributed by atoms with Crippen molar-refractivity contribution < 1.29 is 9.59 Å². The average molecular weight is 418 g/mol. The van der Waals surface area contributed by atoms with Gasteiger partial charge in [-0.05, 0) is 43.5 Å². The van der Waals surface area contributed by atoms with Gasteiger partial charge in [0.2, 0.25) is 0 Å². The van der Waals surface area contributed by atoms with Crippen molar-refractivity contribution in [2.75, 3.05) is 43.4 Å². The third kappa shape index (κ3) is 3.92. The molecule has 0 radical (unpaired) electrons. The Morgan fingerprint density at radius 3 is 2.52 bits per heavy atom. The van der Waals surface area contributed by atoms with Crippen LogP contribution in [0.25, 0.3) is 11.7 Å². The number of likely N-dealkylation sites (N-methyl/N-ethyl adjacent to an activating group) is 1. The number of benzene rings is 1. The van der Waals surface area contributed by atoms with E-state index in [1.165, 1.54) is 5.69 Å². The molecular weight excluding hydrogens is 396 g/mol. The molecule has 31 heavy (non-hydrogen) atoms. The van der Waals surface area contributed by atoms with E-state index in [0.29, 0.717) is 17.0 Å². The number of hydrogen-bond acceptors (Lipinski definition) is 7. The SMILES string of the molecule is CN1CCN(c2ccc(Nc3ccn4ncc(/C=C5\NC(=O)NC5=O)c4n3)cc2)CC1. The van der Waals surface area contributed by atoms with Gasteiger partial charge in [-0.25, -0.2) is 14.3 Å². The summed E-state index contributed by atoms with van der Waals surface area (Å²) in [5, 5.41) is 12.2. The molecule has 3 amide bonds. The lowest BCUT2D eigenvalue weighted by molar-refractivity contribution is -0.115. The van der Waals surface area contributed by atoms with Gasteiger partial charge in [0.05, 0.1) is 6.20 Å². The lowest BCUT2D eigenvalue weighted by Gasteiger charge is -2.34. The van der Waals surface area contributed by atoms with Gasteiger partial charge in [0.25, 0.3) is 5.91 Å². The summed E-state index contributed by atoms with van der Waals surface area (Å²) in [5.74, 6) is 0.180. The summed E-state index contributed by atoms with van der Waals surface area (Å²) in [6.07, 6.45) is 4.95. The number of nitrogens with zero attached hydrogens (tertiary/aromatic N) is 5. The Labute approximate surface area is 178 Å². The van der Waals surface area contributed by atoms with Crippen molar-refractivity contribution in [3.8, 4) is 0 Å². The molecule has 2 saturated heterocycles. The number of carbonyl (C=O) groups is 2. The highest BCUT2D eigenvalue weighted by molar-refractivity contribution is 6.14. The number of piperazine rings is 1. The van der Waals surface area contributed by atoms with Crippen LogP contribution in [0.3, 0.4) is 0 Å². The Hall–Kier alpha value is -3.92. The summed E-state index contributed by atoms with van der Waals surface area (Å²) in [6.45, 7) is 4.19. The Bertz CT molecular complexity index is 1180. The van der Waals surface area contributed by atoms with Crippen molar-refractivity contribution in [2.45, 2.75) is 0 Å². The van der Waals surface area contributed by atoms with Gasteiger partial charge in [-0.3, -0.25) is 10.1 Å². The van der Waals surface area contributed by atoms with Crippen LogP contribution in [0.2, 0.25) is 0 Å². The summed E-state index contributed by atoms with van der Waals surface area (Å²) in [4.78, 5) is 32.4. The molecule has 2 aliphatic rings. The fourth-order valence-electron chi connectivity index (χ4n) is 3.66. The van der Waals surface area contributed by atoms with E-state index in [2.05, 4.69) is 55.0 Å². The highest BCUT2D eigenvalue weighted by Gasteiger charge is 2.23. The van der Waals surface area contributed by atoms with Crippen LogP contribution in [0.5, 0.6) is 0 Å². The van der Waals surface area contributed by atoms with Crippen LogP contribution in [-0.4, -0.2) is 64.7 Å². The van der Waals surface area contributed by atoms with Gasteiger partial charge < -0.3 is 20.4 Å². The molecule has 0 saturated carbocycles. The summed E-state index contributed by atoms with van der Waals surface area (Å²) in [6, 6.07) is 9.59. The molecule has 0 unspecified atom stereocenters. The molecule has 10 nitrogen and oxygen atoms in total. The van der Waals surface area contributed by atoms with Gasteiger partial charge in [0, 0.05) is 49.3 Å². The van der Waals surface area contributed by atoms with E-state index in [9.17, 15) is 9.59 Å². The first-order chi connectivity index (χ1) is 15.0. The van der Waals surface area contributed by atoms with Gasteiger partial charge >= 0.3 is 6.03 Å². The van der Waals surface area contributed by atoms with Gasteiger partial charge in [-0.1, -0.05) is 0 Å². The number of imide groups is 1. The molecule has 10 heteroatoms.